The van der Waals surface area contributed by atoms with Gasteiger partial charge in [-0.05, 0) is 43.5 Å². The average Bonchev–Trinajstić information content (AvgIpc) is 2.98. The third kappa shape index (κ3) is 4.14. The van der Waals surface area contributed by atoms with E-state index >= 15 is 0 Å². The van der Waals surface area contributed by atoms with Crippen molar-refractivity contribution in [1.29, 1.82) is 0 Å². The molecule has 3 aromatic rings. The van der Waals surface area contributed by atoms with Gasteiger partial charge in [-0.3, -0.25) is 4.79 Å². The van der Waals surface area contributed by atoms with Gasteiger partial charge in [0.2, 0.25) is 11.9 Å². The summed E-state index contributed by atoms with van der Waals surface area (Å²) in [6, 6.07) is 5.36. The summed E-state index contributed by atoms with van der Waals surface area (Å²) in [5.41, 5.74) is 9.27. The van der Waals surface area contributed by atoms with Gasteiger partial charge in [0.15, 0.2) is 0 Å². The second kappa shape index (κ2) is 7.70. The Morgan fingerprint density at radius 1 is 1.22 bits per heavy atom. The Kier molecular flexibility index (Phi) is 5.53. The first-order valence-corrected chi connectivity index (χ1v) is 9.18. The van der Waals surface area contributed by atoms with Crippen LogP contribution in [0.15, 0.2) is 18.2 Å². The smallest absolute Gasteiger partial charge is 0.254 e. The fourth-order valence-corrected chi connectivity index (χ4v) is 3.33. The first-order chi connectivity index (χ1) is 12.8. The summed E-state index contributed by atoms with van der Waals surface area (Å²) in [6.07, 6.45) is 0.918. The van der Waals surface area contributed by atoms with Crippen molar-refractivity contribution < 1.29 is 4.79 Å². The van der Waals surface area contributed by atoms with Gasteiger partial charge in [-0.1, -0.05) is 29.3 Å². The summed E-state index contributed by atoms with van der Waals surface area (Å²) in [7, 11) is 1.77. The maximum Gasteiger partial charge on any atom is 0.254 e. The number of nitrogens with zero attached hydrogens (tertiary/aromatic N) is 5. The highest BCUT2D eigenvalue weighted by molar-refractivity contribution is 6.42. The van der Waals surface area contributed by atoms with E-state index in [-0.39, 0.29) is 11.9 Å². The number of benzene rings is 1. The average molecular weight is 407 g/mol. The van der Waals surface area contributed by atoms with Crippen LogP contribution in [0.3, 0.4) is 0 Å². The summed E-state index contributed by atoms with van der Waals surface area (Å²) in [6.45, 7) is 4.29. The minimum Gasteiger partial charge on any atom is -0.366 e. The molecule has 0 spiro atoms. The van der Waals surface area contributed by atoms with Crippen molar-refractivity contribution in [2.75, 3.05) is 12.8 Å². The van der Waals surface area contributed by atoms with E-state index in [1.807, 2.05) is 19.9 Å². The van der Waals surface area contributed by atoms with E-state index in [0.717, 1.165) is 22.5 Å². The van der Waals surface area contributed by atoms with E-state index in [9.17, 15) is 4.79 Å². The molecule has 142 valence electrons. The van der Waals surface area contributed by atoms with Crippen LogP contribution in [0.2, 0.25) is 10.0 Å². The molecule has 0 aliphatic carbocycles. The van der Waals surface area contributed by atoms with Crippen LogP contribution >= 0.6 is 23.2 Å². The van der Waals surface area contributed by atoms with E-state index in [1.165, 1.54) is 0 Å². The van der Waals surface area contributed by atoms with E-state index < -0.39 is 0 Å². The van der Waals surface area contributed by atoms with Crippen molar-refractivity contribution in [2.45, 2.75) is 33.2 Å². The molecule has 0 unspecified atom stereocenters. The largest absolute Gasteiger partial charge is 0.366 e. The predicted molar refractivity (Wildman–Crippen MR) is 106 cm³/mol. The van der Waals surface area contributed by atoms with E-state index in [2.05, 4.69) is 15.1 Å². The number of carbonyl (C=O) groups excluding carboxylic acids is 1. The lowest BCUT2D eigenvalue weighted by molar-refractivity contribution is -0.130. The van der Waals surface area contributed by atoms with E-state index in [4.69, 9.17) is 28.9 Å². The first-order valence-electron chi connectivity index (χ1n) is 8.42. The Labute approximate surface area is 167 Å². The second-order valence-electron chi connectivity index (χ2n) is 6.44. The third-order valence-electron chi connectivity index (χ3n) is 4.48. The number of rotatable bonds is 5. The quantitative estimate of drug-likeness (QED) is 0.702. The maximum absolute atomic E-state index is 12.6. The topological polar surface area (TPSA) is 89.4 Å². The summed E-state index contributed by atoms with van der Waals surface area (Å²) >= 11 is 12.0. The lowest BCUT2D eigenvalue weighted by Crippen LogP contribution is -2.26. The van der Waals surface area contributed by atoms with Crippen LogP contribution in [0.4, 0.5) is 5.95 Å². The van der Waals surface area contributed by atoms with Gasteiger partial charge in [-0.2, -0.15) is 9.50 Å². The van der Waals surface area contributed by atoms with Gasteiger partial charge >= 0.3 is 0 Å². The van der Waals surface area contributed by atoms with Crippen LogP contribution in [0, 0.1) is 13.8 Å². The Morgan fingerprint density at radius 2 is 1.96 bits per heavy atom. The molecule has 0 saturated heterocycles. The molecule has 7 nitrogen and oxygen atoms in total. The molecule has 1 aromatic carbocycles. The highest BCUT2D eigenvalue weighted by Gasteiger charge is 2.16. The zero-order valence-electron chi connectivity index (χ0n) is 15.3. The van der Waals surface area contributed by atoms with Gasteiger partial charge in [-0.25, -0.2) is 4.98 Å². The fraction of sp³-hybridized carbons (Fsp3) is 0.333. The molecule has 27 heavy (non-hydrogen) atoms. The summed E-state index contributed by atoms with van der Waals surface area (Å²) in [5.74, 6) is 0.673. The van der Waals surface area contributed by atoms with Crippen LogP contribution in [0.1, 0.15) is 28.9 Å². The number of hydrogen-bond acceptors (Lipinski definition) is 5. The molecule has 1 amide bonds. The molecule has 0 aliphatic rings. The van der Waals surface area contributed by atoms with Crippen LogP contribution in [-0.4, -0.2) is 37.4 Å². The van der Waals surface area contributed by atoms with Crippen molar-refractivity contribution in [3.05, 3.63) is 50.8 Å². The van der Waals surface area contributed by atoms with Crippen molar-refractivity contribution in [3.63, 3.8) is 0 Å². The minimum absolute atomic E-state index is 0.0260. The molecule has 2 heterocycles. The molecule has 0 saturated carbocycles. The van der Waals surface area contributed by atoms with Crippen LogP contribution in [0.25, 0.3) is 5.78 Å². The molecule has 0 bridgehead atoms. The number of anilines is 1. The summed E-state index contributed by atoms with van der Waals surface area (Å²) in [4.78, 5) is 22.7. The molecule has 9 heteroatoms. The van der Waals surface area contributed by atoms with Crippen LogP contribution in [0.5, 0.6) is 0 Å². The number of hydrogen-bond donors (Lipinski definition) is 1. The van der Waals surface area contributed by atoms with E-state index in [1.54, 1.807) is 28.6 Å². The molecule has 0 fully saturated rings. The zero-order chi connectivity index (χ0) is 19.7. The number of halogens is 2. The zero-order valence-corrected chi connectivity index (χ0v) is 16.8. The molecule has 0 aliphatic heterocycles. The molecular weight excluding hydrogens is 387 g/mol. The number of aromatic nitrogens is 4. The lowest BCUT2D eigenvalue weighted by Gasteiger charge is -2.18. The third-order valence-corrected chi connectivity index (χ3v) is 5.22. The van der Waals surface area contributed by atoms with Crippen molar-refractivity contribution in [3.8, 4) is 0 Å². The predicted octanol–water partition coefficient (Wildman–Crippen LogP) is 3.22. The van der Waals surface area contributed by atoms with Gasteiger partial charge in [0.05, 0.1) is 10.0 Å². The number of nitrogen functional groups attached to an aromatic ring is 1. The molecule has 2 aromatic heterocycles. The monoisotopic (exact) mass is 406 g/mol. The maximum atomic E-state index is 12.6. The summed E-state index contributed by atoms with van der Waals surface area (Å²) < 4.78 is 1.61. The van der Waals surface area contributed by atoms with Crippen LogP contribution < -0.4 is 5.73 Å². The van der Waals surface area contributed by atoms with Crippen molar-refractivity contribution >= 4 is 40.8 Å². The fourth-order valence-electron chi connectivity index (χ4n) is 3.01. The Bertz CT molecular complexity index is 1020. The number of carbonyl (C=O) groups is 1. The number of fused-ring (bicyclic) bond motifs is 1. The first kappa shape index (κ1) is 19.4. The Morgan fingerprint density at radius 3 is 2.67 bits per heavy atom. The van der Waals surface area contributed by atoms with Gasteiger partial charge in [0.1, 0.15) is 0 Å². The van der Waals surface area contributed by atoms with Crippen molar-refractivity contribution in [1.82, 2.24) is 24.5 Å². The Balaban J connectivity index is 1.69. The van der Waals surface area contributed by atoms with Gasteiger partial charge in [-0.15, -0.1) is 5.10 Å². The van der Waals surface area contributed by atoms with Crippen LogP contribution in [-0.2, 0) is 17.8 Å². The van der Waals surface area contributed by atoms with Gasteiger partial charge < -0.3 is 10.6 Å². The molecular formula is C18H20Cl2N6O. The normalized spacial score (nSPS) is 11.1. The molecule has 3 rings (SSSR count). The highest BCUT2D eigenvalue weighted by Crippen LogP contribution is 2.23. The molecule has 2 N–H and O–H groups in total. The SMILES string of the molecule is Cc1nc2nc(N)nn2c(C)c1CCC(=O)N(C)Cc1ccc(Cl)c(Cl)c1. The van der Waals surface area contributed by atoms with E-state index in [0.29, 0.717) is 35.2 Å². The second-order valence-corrected chi connectivity index (χ2v) is 7.26. The number of aryl methyl sites for hydroxylation is 2. The Hall–Kier alpha value is -2.38. The molecule has 0 radical (unpaired) electrons. The number of amides is 1. The lowest BCUT2D eigenvalue weighted by atomic mass is 10.1. The summed E-state index contributed by atoms with van der Waals surface area (Å²) in [5, 5.41) is 5.13. The highest BCUT2D eigenvalue weighted by atomic mass is 35.5. The number of nitrogens with two attached hydrogens (primary N) is 1. The van der Waals surface area contributed by atoms with Crippen molar-refractivity contribution in [2.24, 2.45) is 0 Å². The standard InChI is InChI=1S/C18H20Cl2N6O/c1-10-13(11(2)26-18(22-10)23-17(21)24-26)5-7-16(27)25(3)9-12-4-6-14(19)15(20)8-12/h4,6,8H,5,7,9H2,1-3H3,(H2,21,24). The molecule has 0 atom stereocenters. The van der Waals surface area contributed by atoms with Gasteiger partial charge in [0.25, 0.3) is 5.78 Å². The van der Waals surface area contributed by atoms with Gasteiger partial charge in [0, 0.05) is 31.4 Å². The minimum atomic E-state index is 0.0260.